The van der Waals surface area contributed by atoms with Gasteiger partial charge in [-0.15, -0.1) is 0 Å². The second kappa shape index (κ2) is 11.7. The summed E-state index contributed by atoms with van der Waals surface area (Å²) in [6.45, 7) is 0.0980. The standard InChI is InChI=1S/C15H27N7O5/c16-15(17)19-6-2-4-10(22-14(27)9-3-1-5-18-9)13(26)21-7-11(23)20-8-12(24)25/h9-10,18H,1-8H2,(H,20,23)(H,21,26)(H,22,27)(H,24,25)(H4,16,17,19). The number of carboxylic acid groups (broad SMARTS) is 1. The molecular formula is C15H27N7O5. The molecule has 0 aromatic carbocycles. The highest BCUT2D eigenvalue weighted by atomic mass is 16.4. The lowest BCUT2D eigenvalue weighted by Gasteiger charge is -2.20. The molecule has 152 valence electrons. The predicted molar refractivity (Wildman–Crippen MR) is 96.5 cm³/mol. The van der Waals surface area contributed by atoms with Gasteiger partial charge in [0, 0.05) is 6.54 Å². The Labute approximate surface area is 156 Å². The van der Waals surface area contributed by atoms with E-state index in [1.54, 1.807) is 0 Å². The van der Waals surface area contributed by atoms with Crippen molar-refractivity contribution in [2.75, 3.05) is 26.2 Å². The van der Waals surface area contributed by atoms with Crippen molar-refractivity contribution < 1.29 is 24.3 Å². The smallest absolute Gasteiger partial charge is 0.322 e. The van der Waals surface area contributed by atoms with Gasteiger partial charge in [0.05, 0.1) is 12.6 Å². The van der Waals surface area contributed by atoms with Gasteiger partial charge in [-0.05, 0) is 32.2 Å². The highest BCUT2D eigenvalue weighted by molar-refractivity contribution is 5.92. The lowest BCUT2D eigenvalue weighted by molar-refractivity contribution is -0.138. The van der Waals surface area contributed by atoms with Crippen LogP contribution in [0.4, 0.5) is 0 Å². The van der Waals surface area contributed by atoms with E-state index in [0.717, 1.165) is 13.0 Å². The van der Waals surface area contributed by atoms with Crippen LogP contribution < -0.4 is 32.7 Å². The molecule has 9 N–H and O–H groups in total. The quantitative estimate of drug-likeness (QED) is 0.108. The molecule has 0 aromatic rings. The van der Waals surface area contributed by atoms with Crippen molar-refractivity contribution in [1.82, 2.24) is 21.3 Å². The Morgan fingerprint density at radius 2 is 1.93 bits per heavy atom. The number of nitrogens with one attached hydrogen (secondary N) is 4. The third-order valence-corrected chi connectivity index (χ3v) is 3.82. The van der Waals surface area contributed by atoms with Crippen LogP contribution in [-0.2, 0) is 19.2 Å². The number of rotatable bonds is 11. The molecule has 1 rings (SSSR count). The maximum absolute atomic E-state index is 12.3. The molecule has 2 unspecified atom stereocenters. The number of nitrogens with two attached hydrogens (primary N) is 2. The van der Waals surface area contributed by atoms with Crippen LogP contribution in [0.3, 0.4) is 0 Å². The van der Waals surface area contributed by atoms with Crippen molar-refractivity contribution in [3.05, 3.63) is 0 Å². The molecule has 2 atom stereocenters. The second-order valence-corrected chi connectivity index (χ2v) is 6.05. The Balaban J connectivity index is 2.54. The minimum Gasteiger partial charge on any atom is -0.480 e. The summed E-state index contributed by atoms with van der Waals surface area (Å²) in [6, 6.07) is -1.21. The van der Waals surface area contributed by atoms with Crippen LogP contribution in [0.15, 0.2) is 4.99 Å². The average Bonchev–Trinajstić information content (AvgIpc) is 3.14. The van der Waals surface area contributed by atoms with E-state index >= 15 is 0 Å². The molecule has 0 aliphatic carbocycles. The zero-order valence-electron chi connectivity index (χ0n) is 15.0. The van der Waals surface area contributed by atoms with Gasteiger partial charge in [-0.1, -0.05) is 0 Å². The monoisotopic (exact) mass is 385 g/mol. The predicted octanol–water partition coefficient (Wildman–Crippen LogP) is -3.41. The number of aliphatic carboxylic acids is 1. The van der Waals surface area contributed by atoms with Gasteiger partial charge < -0.3 is 37.8 Å². The molecule has 27 heavy (non-hydrogen) atoms. The summed E-state index contributed by atoms with van der Waals surface area (Å²) >= 11 is 0. The topological polar surface area (TPSA) is 201 Å². The summed E-state index contributed by atoms with van der Waals surface area (Å²) in [5, 5.41) is 18.7. The van der Waals surface area contributed by atoms with Crippen LogP contribution in [0.5, 0.6) is 0 Å². The van der Waals surface area contributed by atoms with Gasteiger partial charge in [0.15, 0.2) is 5.96 Å². The number of carbonyl (C=O) groups is 4. The first-order chi connectivity index (χ1) is 12.8. The first kappa shape index (κ1) is 22.2. The second-order valence-electron chi connectivity index (χ2n) is 6.05. The molecule has 0 radical (unpaired) electrons. The zero-order chi connectivity index (χ0) is 20.2. The number of nitrogens with zero attached hydrogens (tertiary/aromatic N) is 1. The lowest BCUT2D eigenvalue weighted by atomic mass is 10.1. The Hall–Kier alpha value is -2.89. The Bertz CT molecular complexity index is 571. The van der Waals surface area contributed by atoms with E-state index in [4.69, 9.17) is 16.6 Å². The Morgan fingerprint density at radius 3 is 2.52 bits per heavy atom. The fourth-order valence-electron chi connectivity index (χ4n) is 2.48. The Morgan fingerprint density at radius 1 is 1.19 bits per heavy atom. The molecule has 1 aliphatic heterocycles. The molecule has 12 heteroatoms. The molecular weight excluding hydrogens is 358 g/mol. The molecule has 0 spiro atoms. The third kappa shape index (κ3) is 9.39. The normalized spacial score (nSPS) is 16.8. The first-order valence-corrected chi connectivity index (χ1v) is 8.65. The molecule has 1 fully saturated rings. The minimum atomic E-state index is -1.19. The summed E-state index contributed by atoms with van der Waals surface area (Å²) < 4.78 is 0. The third-order valence-electron chi connectivity index (χ3n) is 3.82. The van der Waals surface area contributed by atoms with Crippen molar-refractivity contribution in [2.45, 2.75) is 37.8 Å². The maximum Gasteiger partial charge on any atom is 0.322 e. The van der Waals surface area contributed by atoms with Gasteiger partial charge in [-0.25, -0.2) is 0 Å². The fraction of sp³-hybridized carbons (Fsp3) is 0.667. The number of hydrogen-bond donors (Lipinski definition) is 7. The SMILES string of the molecule is NC(N)=NCCCC(NC(=O)C1CCCN1)C(=O)NCC(=O)NCC(=O)O. The van der Waals surface area contributed by atoms with E-state index in [-0.39, 0.29) is 24.3 Å². The van der Waals surface area contributed by atoms with Crippen molar-refractivity contribution >= 4 is 29.7 Å². The summed E-state index contributed by atoms with van der Waals surface area (Å²) in [4.78, 5) is 50.3. The fourth-order valence-corrected chi connectivity index (χ4v) is 2.48. The number of guanidine groups is 1. The molecule has 0 saturated carbocycles. The molecule has 1 aliphatic rings. The maximum atomic E-state index is 12.3. The molecule has 1 saturated heterocycles. The molecule has 12 nitrogen and oxygen atoms in total. The van der Waals surface area contributed by atoms with Crippen molar-refractivity contribution in [3.8, 4) is 0 Å². The van der Waals surface area contributed by atoms with Crippen LogP contribution >= 0.6 is 0 Å². The van der Waals surface area contributed by atoms with E-state index in [9.17, 15) is 19.2 Å². The van der Waals surface area contributed by atoms with Crippen LogP contribution in [-0.4, -0.2) is 73.0 Å². The summed E-state index contributed by atoms with van der Waals surface area (Å²) in [6.07, 6.45) is 2.28. The van der Waals surface area contributed by atoms with Crippen LogP contribution in [0.2, 0.25) is 0 Å². The Kier molecular flexibility index (Phi) is 9.58. The van der Waals surface area contributed by atoms with Gasteiger partial charge in [0.25, 0.3) is 0 Å². The van der Waals surface area contributed by atoms with Crippen LogP contribution in [0.25, 0.3) is 0 Å². The minimum absolute atomic E-state index is 0.0645. The number of hydrogen-bond acceptors (Lipinski definition) is 6. The van der Waals surface area contributed by atoms with Crippen LogP contribution in [0.1, 0.15) is 25.7 Å². The zero-order valence-corrected chi connectivity index (χ0v) is 15.0. The number of amides is 3. The number of carboxylic acids is 1. The average molecular weight is 385 g/mol. The lowest BCUT2D eigenvalue weighted by Crippen LogP contribution is -2.52. The molecule has 0 bridgehead atoms. The largest absolute Gasteiger partial charge is 0.480 e. The van der Waals surface area contributed by atoms with E-state index in [1.165, 1.54) is 0 Å². The van der Waals surface area contributed by atoms with Gasteiger partial charge in [-0.3, -0.25) is 24.2 Å². The van der Waals surface area contributed by atoms with Gasteiger partial charge >= 0.3 is 5.97 Å². The van der Waals surface area contributed by atoms with Crippen molar-refractivity contribution in [1.29, 1.82) is 0 Å². The molecule has 3 amide bonds. The van der Waals surface area contributed by atoms with Crippen molar-refractivity contribution in [2.24, 2.45) is 16.5 Å². The van der Waals surface area contributed by atoms with Gasteiger partial charge in [-0.2, -0.15) is 0 Å². The molecule has 1 heterocycles. The summed E-state index contributed by atoms with van der Waals surface area (Å²) in [7, 11) is 0. The van der Waals surface area contributed by atoms with Crippen molar-refractivity contribution in [3.63, 3.8) is 0 Å². The van der Waals surface area contributed by atoms with Crippen LogP contribution in [0, 0.1) is 0 Å². The first-order valence-electron chi connectivity index (χ1n) is 8.65. The summed E-state index contributed by atoms with van der Waals surface area (Å²) in [5.74, 6) is -2.73. The van der Waals surface area contributed by atoms with E-state index in [1.807, 2.05) is 0 Å². The highest BCUT2D eigenvalue weighted by Crippen LogP contribution is 2.06. The number of aliphatic imine (C=N–C) groups is 1. The summed E-state index contributed by atoms with van der Waals surface area (Å²) in [5.41, 5.74) is 10.5. The van der Waals surface area contributed by atoms with E-state index in [2.05, 4.69) is 26.3 Å². The number of carbonyl (C=O) groups excluding carboxylic acids is 3. The van der Waals surface area contributed by atoms with E-state index in [0.29, 0.717) is 19.4 Å². The highest BCUT2D eigenvalue weighted by Gasteiger charge is 2.27. The van der Waals surface area contributed by atoms with E-state index < -0.39 is 36.9 Å². The van der Waals surface area contributed by atoms with Gasteiger partial charge in [0.1, 0.15) is 12.6 Å². The molecule has 0 aromatic heterocycles. The van der Waals surface area contributed by atoms with Gasteiger partial charge in [0.2, 0.25) is 17.7 Å².